The zero-order valence-electron chi connectivity index (χ0n) is 26.4. The Morgan fingerprint density at radius 1 is 1.00 bits per heavy atom. The fourth-order valence-corrected chi connectivity index (χ4v) is 4.29. The van der Waals surface area contributed by atoms with Crippen LogP contribution in [-0.4, -0.2) is 90.9 Å². The molecule has 1 aromatic heterocycles. The van der Waals surface area contributed by atoms with E-state index in [2.05, 4.69) is 4.98 Å². The van der Waals surface area contributed by atoms with Crippen LogP contribution in [0.1, 0.15) is 51.4 Å². The second kappa shape index (κ2) is 17.5. The number of carbonyl (C=O) groups is 3. The number of hydrogen-bond donors (Lipinski definition) is 2. The number of rotatable bonds is 12. The largest absolute Gasteiger partial charge is 0.511 e. The van der Waals surface area contributed by atoms with Crippen molar-refractivity contribution in [3.63, 3.8) is 0 Å². The molecule has 1 aromatic carbocycles. The number of ether oxygens (including phenoxy) is 2. The number of carboxylic acid groups (broad SMARTS) is 1. The van der Waals surface area contributed by atoms with E-state index in [1.165, 1.54) is 45.1 Å². The minimum absolute atomic E-state index is 0.0166. The van der Waals surface area contributed by atoms with Crippen molar-refractivity contribution in [2.75, 3.05) is 31.1 Å². The molecular formula is C28H35ClF6N4O8S. The van der Waals surface area contributed by atoms with Gasteiger partial charge in [-0.3, -0.25) is 14.7 Å². The molecule has 0 atom stereocenters. The number of alkyl halides is 6. The van der Waals surface area contributed by atoms with Crippen LogP contribution in [0, 0.1) is 0 Å². The molecule has 20 heteroatoms. The minimum atomic E-state index is -5.47. The van der Waals surface area contributed by atoms with Crippen LogP contribution in [0.3, 0.4) is 0 Å². The highest BCUT2D eigenvalue weighted by atomic mass is 35.5. The van der Waals surface area contributed by atoms with E-state index in [1.807, 2.05) is 0 Å². The van der Waals surface area contributed by atoms with Gasteiger partial charge in [-0.2, -0.15) is 26.3 Å². The van der Waals surface area contributed by atoms with Crippen molar-refractivity contribution in [2.45, 2.75) is 64.4 Å². The summed E-state index contributed by atoms with van der Waals surface area (Å²) >= 11 is 6.23. The molecule has 0 bridgehead atoms. The first-order valence-electron chi connectivity index (χ1n) is 13.9. The fraction of sp³-hybridized carbons (Fsp3) is 0.500. The molecule has 0 saturated heterocycles. The molecule has 2 rings (SSSR count). The molecule has 0 saturated carbocycles. The van der Waals surface area contributed by atoms with Gasteiger partial charge in [0.1, 0.15) is 18.0 Å². The van der Waals surface area contributed by atoms with Crippen molar-refractivity contribution in [3.05, 3.63) is 53.3 Å². The maximum absolute atomic E-state index is 13.2. The first kappa shape index (κ1) is 42.2. The molecule has 270 valence electrons. The highest BCUT2D eigenvalue weighted by molar-refractivity contribution is 7.90. The first-order chi connectivity index (χ1) is 21.9. The Bertz CT molecular complexity index is 1490. The van der Waals surface area contributed by atoms with E-state index in [0.29, 0.717) is 5.69 Å². The van der Waals surface area contributed by atoms with Crippen molar-refractivity contribution >= 4 is 45.3 Å². The lowest BCUT2D eigenvalue weighted by molar-refractivity contribution is -0.192. The Morgan fingerprint density at radius 3 is 2.04 bits per heavy atom. The van der Waals surface area contributed by atoms with Gasteiger partial charge in [0.15, 0.2) is 0 Å². The highest BCUT2D eigenvalue weighted by Gasteiger charge is 2.45. The lowest BCUT2D eigenvalue weighted by atomic mass is 10.1. The smallest absolute Gasteiger partial charge is 0.492 e. The van der Waals surface area contributed by atoms with Crippen LogP contribution in [0.2, 0.25) is 5.02 Å². The number of nitrogens with one attached hydrogen (secondary N) is 1. The molecule has 0 aliphatic carbocycles. The number of halogens is 7. The van der Waals surface area contributed by atoms with Gasteiger partial charge in [0.2, 0.25) is 0 Å². The summed E-state index contributed by atoms with van der Waals surface area (Å²) < 4.78 is 105. The average molecular weight is 737 g/mol. The maximum Gasteiger partial charge on any atom is 0.511 e. The summed E-state index contributed by atoms with van der Waals surface area (Å²) in [7, 11) is -5.47. The first-order valence-corrected chi connectivity index (χ1v) is 15.7. The highest BCUT2D eigenvalue weighted by Crippen LogP contribution is 2.24. The number of sulfonamides is 1. The third-order valence-electron chi connectivity index (χ3n) is 5.59. The number of benzene rings is 1. The van der Waals surface area contributed by atoms with Crippen LogP contribution in [0.4, 0.5) is 36.8 Å². The Morgan fingerprint density at radius 2 is 1.56 bits per heavy atom. The van der Waals surface area contributed by atoms with Crippen LogP contribution >= 0.6 is 11.6 Å². The van der Waals surface area contributed by atoms with Crippen LogP contribution in [0.15, 0.2) is 42.7 Å². The zero-order valence-corrected chi connectivity index (χ0v) is 27.9. The summed E-state index contributed by atoms with van der Waals surface area (Å²) in [4.78, 5) is 41.7. The number of aliphatic carboxylic acids is 1. The van der Waals surface area contributed by atoms with Gasteiger partial charge in [-0.05, 0) is 71.4 Å². The quantitative estimate of drug-likeness (QED) is 0.201. The summed E-state index contributed by atoms with van der Waals surface area (Å²) in [5.74, 6) is -2.98. The molecule has 2 amide bonds. The Labute approximate surface area is 278 Å². The van der Waals surface area contributed by atoms with Crippen LogP contribution in [0.25, 0.3) is 0 Å². The third kappa shape index (κ3) is 14.5. The molecule has 12 nitrogen and oxygen atoms in total. The minimum Gasteiger partial charge on any atom is -0.492 e. The molecule has 0 aliphatic heterocycles. The summed E-state index contributed by atoms with van der Waals surface area (Å²) in [6, 6.07) is 7.31. The molecular weight excluding hydrogens is 702 g/mol. The summed E-state index contributed by atoms with van der Waals surface area (Å²) in [6.45, 7) is 8.26. The number of hydrogen-bond acceptors (Lipinski definition) is 8. The predicted octanol–water partition coefficient (Wildman–Crippen LogP) is 5.87. The molecule has 0 unspecified atom stereocenters. The molecule has 0 aliphatic rings. The Kier molecular flexibility index (Phi) is 15.4. The van der Waals surface area contributed by atoms with Gasteiger partial charge in [-0.15, -0.1) is 0 Å². The van der Waals surface area contributed by atoms with E-state index in [1.54, 1.807) is 46.8 Å². The molecule has 0 fully saturated rings. The zero-order chi connectivity index (χ0) is 37.1. The van der Waals surface area contributed by atoms with Crippen molar-refractivity contribution in [3.8, 4) is 5.75 Å². The van der Waals surface area contributed by atoms with E-state index in [4.69, 9.17) is 31.0 Å². The Balaban J connectivity index is 0.00000148. The van der Waals surface area contributed by atoms with E-state index in [0.717, 1.165) is 0 Å². The van der Waals surface area contributed by atoms with Crippen molar-refractivity contribution in [2.24, 2.45) is 0 Å². The standard InChI is InChI=1S/C26H34ClF3N4O6S.C2HF3O2/c1-18(2)33(12-6-9-32-41(37,38)26(28,29)30)23(35)19-15-20(27)17-22(16-19)39-14-13-34(21-7-10-31-11-8-21)24(36)40-25(3,4)5;3-2(4,5)1(6)7/h7-8,10-11,15-18,32H,6,9,12-14H2,1-5H3;(H,6,7). The van der Waals surface area contributed by atoms with Crippen molar-refractivity contribution in [1.29, 1.82) is 0 Å². The van der Waals surface area contributed by atoms with Gasteiger partial charge in [0, 0.05) is 42.1 Å². The monoisotopic (exact) mass is 736 g/mol. The molecule has 0 spiro atoms. The Hall–Kier alpha value is -3.84. The number of pyridine rings is 1. The number of aromatic nitrogens is 1. The second-order valence-corrected chi connectivity index (χ2v) is 13.1. The number of amides is 2. The molecule has 2 aromatic rings. The lowest BCUT2D eigenvalue weighted by Gasteiger charge is -2.28. The van der Waals surface area contributed by atoms with Crippen LogP contribution < -0.4 is 14.4 Å². The average Bonchev–Trinajstić information content (AvgIpc) is 2.93. The van der Waals surface area contributed by atoms with Crippen molar-refractivity contribution in [1.82, 2.24) is 14.6 Å². The summed E-state index contributed by atoms with van der Waals surface area (Å²) in [5.41, 5.74) is -5.43. The number of anilines is 1. The van der Waals surface area contributed by atoms with Gasteiger partial charge >= 0.3 is 33.8 Å². The van der Waals surface area contributed by atoms with E-state index < -0.39 is 51.8 Å². The van der Waals surface area contributed by atoms with Crippen LogP contribution in [0.5, 0.6) is 5.75 Å². The lowest BCUT2D eigenvalue weighted by Crippen LogP contribution is -2.41. The molecule has 48 heavy (non-hydrogen) atoms. The number of carboxylic acids is 1. The fourth-order valence-electron chi connectivity index (χ4n) is 3.49. The van der Waals surface area contributed by atoms with Gasteiger partial charge < -0.3 is 19.5 Å². The topological polar surface area (TPSA) is 155 Å². The number of carbonyl (C=O) groups excluding carboxylic acids is 2. The van der Waals surface area contributed by atoms with Crippen LogP contribution in [-0.2, 0) is 19.6 Å². The van der Waals surface area contributed by atoms with Gasteiger partial charge in [0.25, 0.3) is 5.91 Å². The third-order valence-corrected chi connectivity index (χ3v) is 7.00. The second-order valence-electron chi connectivity index (χ2n) is 11.0. The van der Waals surface area contributed by atoms with Gasteiger partial charge in [0.05, 0.1) is 12.2 Å². The van der Waals surface area contributed by atoms with E-state index in [9.17, 15) is 44.3 Å². The number of nitrogens with zero attached hydrogens (tertiary/aromatic N) is 3. The predicted molar refractivity (Wildman–Crippen MR) is 162 cm³/mol. The maximum atomic E-state index is 13.2. The molecule has 0 radical (unpaired) electrons. The SMILES string of the molecule is CC(C)N(CCCNS(=O)(=O)C(F)(F)F)C(=O)c1cc(Cl)cc(OCCN(C(=O)OC(C)(C)C)c2ccncc2)c1.O=C(O)C(F)(F)F. The van der Waals surface area contributed by atoms with Crippen molar-refractivity contribution < 1.29 is 63.7 Å². The summed E-state index contributed by atoms with van der Waals surface area (Å²) in [5, 5.41) is 7.32. The van der Waals surface area contributed by atoms with E-state index in [-0.39, 0.29) is 48.5 Å². The summed E-state index contributed by atoms with van der Waals surface area (Å²) in [6.07, 6.45) is -2.65. The normalized spacial score (nSPS) is 12.1. The van der Waals surface area contributed by atoms with Gasteiger partial charge in [-0.25, -0.2) is 22.7 Å². The molecule has 2 N–H and O–H groups in total. The molecule has 1 heterocycles. The van der Waals surface area contributed by atoms with E-state index >= 15 is 0 Å². The van der Waals surface area contributed by atoms with Gasteiger partial charge in [-0.1, -0.05) is 11.6 Å².